The molecule has 110 valence electrons. The molecule has 0 aliphatic carbocycles. The van der Waals surface area contributed by atoms with E-state index in [1.165, 1.54) is 0 Å². The molecular weight excluding hydrogens is 264 g/mol. The maximum absolute atomic E-state index is 4.63. The quantitative estimate of drug-likeness (QED) is 0.674. The van der Waals surface area contributed by atoms with E-state index in [0.717, 1.165) is 17.5 Å². The van der Waals surface area contributed by atoms with Crippen LogP contribution in [0.4, 0.5) is 0 Å². The predicted octanol–water partition coefficient (Wildman–Crippen LogP) is 2.84. The maximum Gasteiger partial charge on any atom is 0.241 e. The largest absolute Gasteiger partial charge is 0.241 e. The van der Waals surface area contributed by atoms with Crippen molar-refractivity contribution in [2.24, 2.45) is 35.8 Å². The molecule has 0 atom stereocenters. The zero-order valence-electron chi connectivity index (χ0n) is 13.3. The highest BCUT2D eigenvalue weighted by Gasteiger charge is 2.36. The molecule has 0 aromatic rings. The standard InChI is InChI=1S/C15H20N6/c1-14(2,3)10-17-9-7-8-16-12-18-11(15(4,5)6)20-13(19-10)21(9)12/h7-8H,1-6H3. The molecule has 0 N–H and O–H groups in total. The first kappa shape index (κ1) is 13.9. The van der Waals surface area contributed by atoms with E-state index in [1.807, 2.05) is 6.08 Å². The van der Waals surface area contributed by atoms with Gasteiger partial charge in [0.05, 0.1) is 0 Å². The van der Waals surface area contributed by atoms with Crippen LogP contribution < -0.4 is 0 Å². The van der Waals surface area contributed by atoms with Crippen LogP contribution in [0.3, 0.4) is 0 Å². The minimum absolute atomic E-state index is 0.138. The van der Waals surface area contributed by atoms with E-state index >= 15 is 0 Å². The van der Waals surface area contributed by atoms with E-state index < -0.39 is 0 Å². The van der Waals surface area contributed by atoms with Crippen molar-refractivity contribution in [3.05, 3.63) is 12.3 Å². The fourth-order valence-electron chi connectivity index (χ4n) is 2.00. The zero-order valence-corrected chi connectivity index (χ0v) is 13.3. The molecule has 0 aromatic heterocycles. The van der Waals surface area contributed by atoms with E-state index in [0.29, 0.717) is 11.9 Å². The number of rotatable bonds is 0. The van der Waals surface area contributed by atoms with Crippen LogP contribution in [0.2, 0.25) is 0 Å². The molecule has 6 nitrogen and oxygen atoms in total. The van der Waals surface area contributed by atoms with Crippen LogP contribution in [0, 0.1) is 10.8 Å². The Kier molecular flexibility index (Phi) is 2.77. The number of aliphatic imine (C=N–C) groups is 5. The second kappa shape index (κ2) is 4.19. The molecule has 3 heterocycles. The minimum Gasteiger partial charge on any atom is -0.229 e. The van der Waals surface area contributed by atoms with Crippen molar-refractivity contribution >= 4 is 29.4 Å². The van der Waals surface area contributed by atoms with Gasteiger partial charge in [-0.1, -0.05) is 41.5 Å². The Balaban J connectivity index is 2.16. The molecule has 0 unspecified atom stereocenters. The monoisotopic (exact) mass is 284 g/mol. The third kappa shape index (κ3) is 2.34. The highest BCUT2D eigenvalue weighted by Crippen LogP contribution is 2.27. The van der Waals surface area contributed by atoms with Crippen LogP contribution in [-0.4, -0.2) is 34.3 Å². The third-order valence-corrected chi connectivity index (χ3v) is 3.22. The van der Waals surface area contributed by atoms with Gasteiger partial charge >= 0.3 is 0 Å². The number of amidine groups is 3. The molecule has 0 fully saturated rings. The molecule has 3 aliphatic rings. The maximum atomic E-state index is 4.63. The van der Waals surface area contributed by atoms with Gasteiger partial charge in [-0.2, -0.15) is 15.0 Å². The van der Waals surface area contributed by atoms with Gasteiger partial charge in [-0.25, -0.2) is 14.9 Å². The van der Waals surface area contributed by atoms with E-state index in [2.05, 4.69) is 66.5 Å². The van der Waals surface area contributed by atoms with Crippen molar-refractivity contribution in [1.82, 2.24) is 4.90 Å². The molecule has 3 rings (SSSR count). The Labute approximate surface area is 124 Å². The van der Waals surface area contributed by atoms with Gasteiger partial charge in [-0.3, -0.25) is 0 Å². The Morgan fingerprint density at radius 2 is 1.33 bits per heavy atom. The first-order valence-electron chi connectivity index (χ1n) is 7.06. The van der Waals surface area contributed by atoms with Crippen LogP contribution in [-0.2, 0) is 0 Å². The summed E-state index contributed by atoms with van der Waals surface area (Å²) < 4.78 is 0. The summed E-state index contributed by atoms with van der Waals surface area (Å²) in [5, 5.41) is 0. The van der Waals surface area contributed by atoms with E-state index in [1.54, 1.807) is 11.1 Å². The van der Waals surface area contributed by atoms with Crippen molar-refractivity contribution in [1.29, 1.82) is 0 Å². The first-order valence-corrected chi connectivity index (χ1v) is 7.06. The van der Waals surface area contributed by atoms with Gasteiger partial charge in [0.25, 0.3) is 0 Å². The highest BCUT2D eigenvalue weighted by atomic mass is 15.4. The lowest BCUT2D eigenvalue weighted by Crippen LogP contribution is -2.48. The second-order valence-electron chi connectivity index (χ2n) is 7.33. The highest BCUT2D eigenvalue weighted by molar-refractivity contribution is 6.30. The van der Waals surface area contributed by atoms with Crippen LogP contribution in [0.5, 0.6) is 0 Å². The van der Waals surface area contributed by atoms with Crippen molar-refractivity contribution in [2.75, 3.05) is 0 Å². The van der Waals surface area contributed by atoms with Crippen LogP contribution in [0.1, 0.15) is 41.5 Å². The molecule has 3 aliphatic heterocycles. The Bertz CT molecular complexity index is 660. The molecule has 0 saturated carbocycles. The lowest BCUT2D eigenvalue weighted by Gasteiger charge is -2.34. The van der Waals surface area contributed by atoms with Crippen LogP contribution in [0.15, 0.2) is 37.2 Å². The molecule has 0 amide bonds. The van der Waals surface area contributed by atoms with Gasteiger partial charge in [0.15, 0.2) is 0 Å². The van der Waals surface area contributed by atoms with Crippen molar-refractivity contribution in [3.63, 3.8) is 0 Å². The second-order valence-corrected chi connectivity index (χ2v) is 7.33. The average molecular weight is 284 g/mol. The number of hydrogen-bond donors (Lipinski definition) is 0. The molecule has 0 saturated heterocycles. The summed E-state index contributed by atoms with van der Waals surface area (Å²) >= 11 is 0. The van der Waals surface area contributed by atoms with Crippen LogP contribution in [0.25, 0.3) is 0 Å². The average Bonchev–Trinajstić information content (AvgIpc) is 2.36. The predicted molar refractivity (Wildman–Crippen MR) is 87.1 cm³/mol. The lowest BCUT2D eigenvalue weighted by molar-refractivity contribution is 0.576. The van der Waals surface area contributed by atoms with Crippen molar-refractivity contribution in [3.8, 4) is 0 Å². The Morgan fingerprint density at radius 1 is 0.762 bits per heavy atom. The first-order chi connectivity index (χ1) is 9.66. The summed E-state index contributed by atoms with van der Waals surface area (Å²) in [6.45, 7) is 12.5. The molecule has 0 radical (unpaired) electrons. The Hall–Kier alpha value is -2.11. The third-order valence-electron chi connectivity index (χ3n) is 3.22. The topological polar surface area (TPSA) is 65.0 Å². The number of hydrogen-bond acceptors (Lipinski definition) is 6. The summed E-state index contributed by atoms with van der Waals surface area (Å²) in [5.41, 5.74) is -0.296. The number of nitrogens with zero attached hydrogens (tertiary/aromatic N) is 6. The van der Waals surface area contributed by atoms with Crippen molar-refractivity contribution in [2.45, 2.75) is 41.5 Å². The van der Waals surface area contributed by atoms with E-state index in [9.17, 15) is 0 Å². The van der Waals surface area contributed by atoms with Gasteiger partial charge in [0, 0.05) is 23.1 Å². The van der Waals surface area contributed by atoms with Crippen molar-refractivity contribution < 1.29 is 0 Å². The SMILES string of the molecule is CC(C)(C)C1=NC2=NC(C(C)(C)C)=NC3=NC=CC(=N1)N32. The molecule has 0 bridgehead atoms. The molecular formula is C15H20N6. The number of guanidine groups is 2. The van der Waals surface area contributed by atoms with Crippen LogP contribution >= 0.6 is 0 Å². The zero-order chi connectivity index (χ0) is 15.4. The fraction of sp³-hybridized carbons (Fsp3) is 0.533. The molecule has 21 heavy (non-hydrogen) atoms. The molecule has 0 aromatic carbocycles. The van der Waals surface area contributed by atoms with Gasteiger partial charge in [-0.05, 0) is 0 Å². The molecule has 6 heteroatoms. The summed E-state index contributed by atoms with van der Waals surface area (Å²) in [4.78, 5) is 24.6. The van der Waals surface area contributed by atoms with Gasteiger partial charge in [0.1, 0.15) is 17.5 Å². The fourth-order valence-corrected chi connectivity index (χ4v) is 2.00. The summed E-state index contributed by atoms with van der Waals surface area (Å²) in [6, 6.07) is 0. The van der Waals surface area contributed by atoms with Gasteiger partial charge < -0.3 is 0 Å². The minimum atomic E-state index is -0.158. The summed E-state index contributed by atoms with van der Waals surface area (Å²) in [5.74, 6) is 3.47. The summed E-state index contributed by atoms with van der Waals surface area (Å²) in [6.07, 6.45) is 3.58. The van der Waals surface area contributed by atoms with Gasteiger partial charge in [0.2, 0.25) is 11.9 Å². The molecule has 0 spiro atoms. The van der Waals surface area contributed by atoms with E-state index in [4.69, 9.17) is 0 Å². The smallest absolute Gasteiger partial charge is 0.229 e. The summed E-state index contributed by atoms with van der Waals surface area (Å²) in [7, 11) is 0. The van der Waals surface area contributed by atoms with E-state index in [-0.39, 0.29) is 10.8 Å². The lowest BCUT2D eigenvalue weighted by atomic mass is 9.94. The normalized spacial score (nSPS) is 21.0. The Morgan fingerprint density at radius 3 is 1.95 bits per heavy atom. The van der Waals surface area contributed by atoms with Gasteiger partial charge in [-0.15, -0.1) is 0 Å².